The summed E-state index contributed by atoms with van der Waals surface area (Å²) in [5.41, 5.74) is 0. The topological polar surface area (TPSA) is 43.2 Å². The highest BCUT2D eigenvalue weighted by Gasteiger charge is 2.16. The van der Waals surface area contributed by atoms with E-state index >= 15 is 0 Å². The fourth-order valence-electron chi connectivity index (χ4n) is 1.85. The van der Waals surface area contributed by atoms with Gasteiger partial charge in [-0.15, -0.1) is 0 Å². The molecule has 0 fully saturated rings. The molecule has 0 aromatic carbocycles. The monoisotopic (exact) mass is 316 g/mol. The van der Waals surface area contributed by atoms with Crippen molar-refractivity contribution in [3.63, 3.8) is 0 Å². The maximum atomic E-state index is 5.23. The predicted octanol–water partition coefficient (Wildman–Crippen LogP) is 1.96. The standard InChI is InChI=1S/C16H36N4O2/c1-7-19(5,8-2)13-15-21-17-11-12-18-22-16-14-20(6,9-3)10-4/h11-12H,7-10,13-16H2,1-6H3/q+2/b17-11+,18-12+. The fraction of sp³-hybridized carbons (Fsp3) is 0.875. The molecule has 0 radical (unpaired) electrons. The zero-order valence-electron chi connectivity index (χ0n) is 15.4. The zero-order chi connectivity index (χ0) is 16.9. The first-order valence-electron chi connectivity index (χ1n) is 8.41. The second kappa shape index (κ2) is 11.4. The highest BCUT2D eigenvalue weighted by Crippen LogP contribution is 2.01. The van der Waals surface area contributed by atoms with Gasteiger partial charge in [-0.3, -0.25) is 0 Å². The molecule has 0 aliphatic rings. The van der Waals surface area contributed by atoms with Crippen molar-refractivity contribution in [2.75, 3.05) is 66.6 Å². The van der Waals surface area contributed by atoms with E-state index in [-0.39, 0.29) is 0 Å². The first-order valence-corrected chi connectivity index (χ1v) is 8.41. The van der Waals surface area contributed by atoms with Gasteiger partial charge in [0.25, 0.3) is 0 Å². The van der Waals surface area contributed by atoms with Crippen molar-refractivity contribution in [2.24, 2.45) is 10.3 Å². The minimum atomic E-state index is 0.617. The van der Waals surface area contributed by atoms with Crippen molar-refractivity contribution in [1.82, 2.24) is 0 Å². The lowest BCUT2D eigenvalue weighted by Gasteiger charge is -2.31. The van der Waals surface area contributed by atoms with Crippen LogP contribution in [0.5, 0.6) is 0 Å². The second-order valence-electron chi connectivity index (χ2n) is 6.13. The summed E-state index contributed by atoms with van der Waals surface area (Å²) in [6.45, 7) is 16.3. The van der Waals surface area contributed by atoms with Gasteiger partial charge in [0, 0.05) is 0 Å². The van der Waals surface area contributed by atoms with E-state index in [9.17, 15) is 0 Å². The Morgan fingerprint density at radius 3 is 1.27 bits per heavy atom. The number of likely N-dealkylation sites (N-methyl/N-ethyl adjacent to an activating group) is 2. The number of nitrogens with zero attached hydrogens (tertiary/aromatic N) is 4. The van der Waals surface area contributed by atoms with Crippen LogP contribution in [0.1, 0.15) is 27.7 Å². The van der Waals surface area contributed by atoms with E-state index in [1.165, 1.54) is 12.4 Å². The minimum absolute atomic E-state index is 0.617. The lowest BCUT2D eigenvalue weighted by atomic mass is 10.4. The molecule has 0 N–H and O–H groups in total. The molecular formula is C16H36N4O2+2. The molecule has 0 rings (SSSR count). The average Bonchev–Trinajstić information content (AvgIpc) is 2.56. The molecule has 0 unspecified atom stereocenters. The van der Waals surface area contributed by atoms with Crippen molar-refractivity contribution in [3.8, 4) is 0 Å². The van der Waals surface area contributed by atoms with Crippen molar-refractivity contribution in [1.29, 1.82) is 0 Å². The molecule has 0 aromatic heterocycles. The Balaban J connectivity index is 3.73. The smallest absolute Gasteiger partial charge is 0.165 e. The van der Waals surface area contributed by atoms with Gasteiger partial charge < -0.3 is 18.6 Å². The molecule has 0 spiro atoms. The molecule has 0 aliphatic heterocycles. The largest absolute Gasteiger partial charge is 0.390 e. The lowest BCUT2D eigenvalue weighted by molar-refractivity contribution is -0.906. The Bertz CT molecular complexity index is 292. The van der Waals surface area contributed by atoms with Crippen LogP contribution in [0.3, 0.4) is 0 Å². The Morgan fingerprint density at radius 1 is 0.682 bits per heavy atom. The highest BCUT2D eigenvalue weighted by molar-refractivity contribution is 6.15. The summed E-state index contributed by atoms with van der Waals surface area (Å²) >= 11 is 0. The van der Waals surface area contributed by atoms with E-state index < -0.39 is 0 Å². The zero-order valence-corrected chi connectivity index (χ0v) is 15.4. The maximum Gasteiger partial charge on any atom is 0.165 e. The van der Waals surface area contributed by atoms with Crippen LogP contribution in [0.4, 0.5) is 0 Å². The molecule has 0 bridgehead atoms. The molecule has 6 nitrogen and oxygen atoms in total. The fourth-order valence-corrected chi connectivity index (χ4v) is 1.85. The summed E-state index contributed by atoms with van der Waals surface area (Å²) in [5.74, 6) is 0. The molecule has 6 heteroatoms. The molecule has 0 saturated heterocycles. The van der Waals surface area contributed by atoms with Crippen LogP contribution in [0.15, 0.2) is 10.3 Å². The van der Waals surface area contributed by atoms with Gasteiger partial charge in [-0.1, -0.05) is 10.3 Å². The molecule has 0 saturated carbocycles. The van der Waals surface area contributed by atoms with E-state index in [0.717, 1.165) is 48.2 Å². The highest BCUT2D eigenvalue weighted by atomic mass is 16.6. The summed E-state index contributed by atoms with van der Waals surface area (Å²) in [6.07, 6.45) is 3.05. The van der Waals surface area contributed by atoms with E-state index in [2.05, 4.69) is 52.1 Å². The lowest BCUT2D eigenvalue weighted by Crippen LogP contribution is -2.45. The molecule has 0 amide bonds. The van der Waals surface area contributed by atoms with Gasteiger partial charge in [0.2, 0.25) is 0 Å². The Kier molecular flexibility index (Phi) is 10.8. The molecular weight excluding hydrogens is 280 g/mol. The van der Waals surface area contributed by atoms with E-state index in [0.29, 0.717) is 13.2 Å². The van der Waals surface area contributed by atoms with Gasteiger partial charge in [-0.2, -0.15) is 0 Å². The number of oxime groups is 2. The van der Waals surface area contributed by atoms with Crippen molar-refractivity contribution < 1.29 is 18.6 Å². The van der Waals surface area contributed by atoms with Gasteiger partial charge in [-0.05, 0) is 27.7 Å². The van der Waals surface area contributed by atoms with E-state index in [1.54, 1.807) is 0 Å². The van der Waals surface area contributed by atoms with Gasteiger partial charge >= 0.3 is 0 Å². The number of hydrogen-bond acceptors (Lipinski definition) is 4. The van der Waals surface area contributed by atoms with Crippen molar-refractivity contribution >= 4 is 12.4 Å². The summed E-state index contributed by atoms with van der Waals surface area (Å²) in [4.78, 5) is 10.5. The van der Waals surface area contributed by atoms with E-state index in [4.69, 9.17) is 9.68 Å². The van der Waals surface area contributed by atoms with E-state index in [1.807, 2.05) is 0 Å². The first kappa shape index (κ1) is 20.9. The van der Waals surface area contributed by atoms with Crippen molar-refractivity contribution in [2.45, 2.75) is 27.7 Å². The quantitative estimate of drug-likeness (QED) is 0.226. The van der Waals surface area contributed by atoms with Crippen LogP contribution < -0.4 is 0 Å². The Labute approximate surface area is 136 Å². The molecule has 22 heavy (non-hydrogen) atoms. The number of rotatable bonds is 13. The van der Waals surface area contributed by atoms with Crippen LogP contribution in [-0.4, -0.2) is 88.0 Å². The van der Waals surface area contributed by atoms with Crippen LogP contribution in [0, 0.1) is 0 Å². The minimum Gasteiger partial charge on any atom is -0.390 e. The third kappa shape index (κ3) is 9.00. The second-order valence-corrected chi connectivity index (χ2v) is 6.13. The van der Waals surface area contributed by atoms with Crippen LogP contribution in [0.2, 0.25) is 0 Å². The maximum absolute atomic E-state index is 5.23. The Hall–Kier alpha value is -1.14. The third-order valence-electron chi connectivity index (χ3n) is 4.84. The van der Waals surface area contributed by atoms with Crippen LogP contribution in [0.25, 0.3) is 0 Å². The summed E-state index contributed by atoms with van der Waals surface area (Å²) in [5, 5.41) is 7.71. The molecule has 0 heterocycles. The number of quaternary nitrogens is 2. The van der Waals surface area contributed by atoms with Crippen LogP contribution in [-0.2, 0) is 9.68 Å². The average molecular weight is 316 g/mol. The van der Waals surface area contributed by atoms with Gasteiger partial charge in [0.1, 0.15) is 13.1 Å². The third-order valence-corrected chi connectivity index (χ3v) is 4.84. The summed E-state index contributed by atoms with van der Waals surface area (Å²) in [6, 6.07) is 0. The molecule has 0 atom stereocenters. The predicted molar refractivity (Wildman–Crippen MR) is 93.2 cm³/mol. The van der Waals surface area contributed by atoms with Gasteiger partial charge in [0.05, 0.1) is 52.7 Å². The Morgan fingerprint density at radius 2 is 1.00 bits per heavy atom. The van der Waals surface area contributed by atoms with Crippen LogP contribution >= 0.6 is 0 Å². The molecule has 0 aromatic rings. The normalized spacial score (nSPS) is 13.2. The number of hydrogen-bond donors (Lipinski definition) is 0. The first-order chi connectivity index (χ1) is 10.4. The van der Waals surface area contributed by atoms with Crippen molar-refractivity contribution in [3.05, 3.63) is 0 Å². The molecule has 130 valence electrons. The summed E-state index contributed by atoms with van der Waals surface area (Å²) in [7, 11) is 4.45. The summed E-state index contributed by atoms with van der Waals surface area (Å²) < 4.78 is 2.00. The SMILES string of the molecule is CC[N+](C)(CC)CCO/N=C/C=N/OCC[N+](C)(CC)CC. The van der Waals surface area contributed by atoms with Gasteiger partial charge in [0.15, 0.2) is 13.2 Å². The van der Waals surface area contributed by atoms with Gasteiger partial charge in [-0.25, -0.2) is 0 Å². The molecule has 0 aliphatic carbocycles.